The fourth-order valence-electron chi connectivity index (χ4n) is 4.38. The van der Waals surface area contributed by atoms with Gasteiger partial charge in [0.15, 0.2) is 5.13 Å². The summed E-state index contributed by atoms with van der Waals surface area (Å²) in [6, 6.07) is 9.01. The Morgan fingerprint density at radius 2 is 2.00 bits per heavy atom. The summed E-state index contributed by atoms with van der Waals surface area (Å²) in [5, 5.41) is 0.664. The van der Waals surface area contributed by atoms with Gasteiger partial charge in [0.25, 0.3) is 10.0 Å². The van der Waals surface area contributed by atoms with Crippen molar-refractivity contribution in [2.75, 3.05) is 31.1 Å². The van der Waals surface area contributed by atoms with E-state index in [9.17, 15) is 13.2 Å². The van der Waals surface area contributed by atoms with Crippen LogP contribution in [0.5, 0.6) is 0 Å². The number of thiazole rings is 1. The van der Waals surface area contributed by atoms with Gasteiger partial charge in [-0.3, -0.25) is 9.69 Å². The van der Waals surface area contributed by atoms with Crippen molar-refractivity contribution in [2.24, 2.45) is 5.92 Å². The van der Waals surface area contributed by atoms with Crippen LogP contribution in [0.25, 0.3) is 10.2 Å². The topological polar surface area (TPSA) is 79.8 Å². The van der Waals surface area contributed by atoms with Crippen molar-refractivity contribution >= 4 is 81.5 Å². The number of carbonyl (C=O) groups is 1. The normalized spacial score (nSPS) is 20.2. The van der Waals surface area contributed by atoms with Gasteiger partial charge in [-0.15, -0.1) is 11.3 Å². The van der Waals surface area contributed by atoms with Crippen molar-refractivity contribution in [2.45, 2.75) is 36.0 Å². The molecule has 0 radical (unpaired) electrons. The van der Waals surface area contributed by atoms with E-state index in [2.05, 4.69) is 15.9 Å². The minimum Gasteiger partial charge on any atom is -0.376 e. The highest BCUT2D eigenvalue weighted by Crippen LogP contribution is 2.35. The molecule has 0 spiro atoms. The van der Waals surface area contributed by atoms with Gasteiger partial charge in [0, 0.05) is 30.1 Å². The number of benzene rings is 1. The first kappa shape index (κ1) is 24.6. The predicted molar refractivity (Wildman–Crippen MR) is 139 cm³/mol. The highest BCUT2D eigenvalue weighted by molar-refractivity contribution is 9.10. The van der Waals surface area contributed by atoms with Crippen molar-refractivity contribution in [3.8, 4) is 0 Å². The lowest BCUT2D eigenvalue weighted by atomic mass is 9.96. The fourth-order valence-corrected chi connectivity index (χ4v) is 9.02. The third kappa shape index (κ3) is 5.07. The minimum atomic E-state index is -3.60. The monoisotopic (exact) mass is 603 g/mol. The number of thiophene rings is 1. The van der Waals surface area contributed by atoms with E-state index >= 15 is 0 Å². The van der Waals surface area contributed by atoms with Crippen LogP contribution in [0.3, 0.4) is 0 Å². The SMILES string of the molecule is O=C(C1CCN(S(=O)(=O)c2ccc(Cl)s2)CC1)N(CC1CCCO1)c1nc2ccc(Br)cc2s1. The van der Waals surface area contributed by atoms with Crippen LogP contribution in [0.15, 0.2) is 39.0 Å². The smallest absolute Gasteiger partial charge is 0.252 e. The number of anilines is 1. The summed E-state index contributed by atoms with van der Waals surface area (Å²) in [6.07, 6.45) is 2.83. The number of hydrogen-bond donors (Lipinski definition) is 0. The number of aromatic nitrogens is 1. The summed E-state index contributed by atoms with van der Waals surface area (Å²) >= 11 is 12.0. The quantitative estimate of drug-likeness (QED) is 0.377. The van der Waals surface area contributed by atoms with Crippen LogP contribution in [0, 0.1) is 5.92 Å². The van der Waals surface area contributed by atoms with Crippen LogP contribution in [-0.4, -0.2) is 56.0 Å². The van der Waals surface area contributed by atoms with Crippen molar-refractivity contribution < 1.29 is 17.9 Å². The number of amides is 1. The first-order valence-corrected chi connectivity index (χ1v) is 15.3. The van der Waals surface area contributed by atoms with Gasteiger partial charge in [-0.2, -0.15) is 4.31 Å². The standard InChI is InChI=1S/C22H23BrClN3O4S3/c23-15-3-4-17-18(12-15)32-22(25-17)27(13-16-2-1-11-31-16)21(28)14-7-9-26(10-8-14)34(29,30)20-6-5-19(24)33-20/h3-6,12,14,16H,1-2,7-11,13H2. The number of rotatable bonds is 6. The molecule has 0 N–H and O–H groups in total. The molecule has 3 aromatic rings. The number of hydrogen-bond acceptors (Lipinski definition) is 7. The lowest BCUT2D eigenvalue weighted by Crippen LogP contribution is -2.46. The Bertz CT molecular complexity index is 1300. The van der Waals surface area contributed by atoms with Gasteiger partial charge in [0.1, 0.15) is 4.21 Å². The van der Waals surface area contributed by atoms with E-state index in [1.54, 1.807) is 11.0 Å². The molecule has 0 aliphatic carbocycles. The predicted octanol–water partition coefficient (Wildman–Crippen LogP) is 5.39. The number of fused-ring (bicyclic) bond motifs is 1. The molecule has 5 rings (SSSR count). The maximum Gasteiger partial charge on any atom is 0.252 e. The van der Waals surface area contributed by atoms with Crippen LogP contribution >= 0.6 is 50.2 Å². The summed E-state index contributed by atoms with van der Waals surface area (Å²) in [6.45, 7) is 1.78. The number of nitrogens with zero attached hydrogens (tertiary/aromatic N) is 3. The van der Waals surface area contributed by atoms with Gasteiger partial charge in [0.2, 0.25) is 5.91 Å². The molecule has 2 aromatic heterocycles. The van der Waals surface area contributed by atoms with Crippen LogP contribution < -0.4 is 4.90 Å². The second kappa shape index (κ2) is 10.1. The Labute approximate surface area is 219 Å². The van der Waals surface area contributed by atoms with Crippen molar-refractivity contribution in [3.63, 3.8) is 0 Å². The molecule has 1 aromatic carbocycles. The zero-order valence-corrected chi connectivity index (χ0v) is 22.9. The van der Waals surface area contributed by atoms with Crippen LogP contribution in [0.4, 0.5) is 5.13 Å². The largest absolute Gasteiger partial charge is 0.376 e. The maximum atomic E-state index is 13.7. The van der Waals surface area contributed by atoms with Crippen molar-refractivity contribution in [1.29, 1.82) is 0 Å². The highest BCUT2D eigenvalue weighted by atomic mass is 79.9. The van der Waals surface area contributed by atoms with Crippen molar-refractivity contribution in [1.82, 2.24) is 9.29 Å². The van der Waals surface area contributed by atoms with Gasteiger partial charge >= 0.3 is 0 Å². The van der Waals surface area contributed by atoms with Crippen LogP contribution in [0.2, 0.25) is 4.34 Å². The highest BCUT2D eigenvalue weighted by Gasteiger charge is 2.36. The average molecular weight is 605 g/mol. The Balaban J connectivity index is 1.34. The molecular weight excluding hydrogens is 582 g/mol. The van der Waals surface area contributed by atoms with Gasteiger partial charge in [0.05, 0.1) is 27.2 Å². The maximum absolute atomic E-state index is 13.7. The number of sulfonamides is 1. The summed E-state index contributed by atoms with van der Waals surface area (Å²) in [7, 11) is -3.60. The van der Waals surface area contributed by atoms with E-state index < -0.39 is 10.0 Å². The molecule has 0 bridgehead atoms. The first-order valence-electron chi connectivity index (χ1n) is 11.1. The van der Waals surface area contributed by atoms with E-state index in [-0.39, 0.29) is 22.1 Å². The zero-order valence-electron chi connectivity index (χ0n) is 18.2. The molecule has 1 amide bonds. The second-order valence-electron chi connectivity index (χ2n) is 8.43. The average Bonchev–Trinajstić information content (AvgIpc) is 3.58. The summed E-state index contributed by atoms with van der Waals surface area (Å²) in [5.74, 6) is -0.275. The Kier molecular flexibility index (Phi) is 7.32. The Hall–Kier alpha value is -1.08. The summed E-state index contributed by atoms with van der Waals surface area (Å²) < 4.78 is 35.8. The summed E-state index contributed by atoms with van der Waals surface area (Å²) in [4.78, 5) is 20.2. The molecule has 0 saturated carbocycles. The first-order chi connectivity index (χ1) is 16.3. The third-order valence-electron chi connectivity index (χ3n) is 6.19. The number of piperidine rings is 1. The van der Waals surface area contributed by atoms with Crippen molar-refractivity contribution in [3.05, 3.63) is 39.1 Å². The van der Waals surface area contributed by atoms with E-state index in [0.29, 0.717) is 48.6 Å². The molecule has 2 aliphatic rings. The van der Waals surface area contributed by atoms with E-state index in [0.717, 1.165) is 38.9 Å². The fraction of sp³-hybridized carbons (Fsp3) is 0.455. The molecule has 34 heavy (non-hydrogen) atoms. The van der Waals surface area contributed by atoms with Gasteiger partial charge in [-0.25, -0.2) is 13.4 Å². The van der Waals surface area contributed by atoms with Crippen LogP contribution in [0.1, 0.15) is 25.7 Å². The summed E-state index contributed by atoms with van der Waals surface area (Å²) in [5.41, 5.74) is 0.851. The molecule has 12 heteroatoms. The second-order valence-corrected chi connectivity index (χ2v) is 14.2. The number of carbonyl (C=O) groups excluding carboxylic acids is 1. The van der Waals surface area contributed by atoms with Gasteiger partial charge in [-0.1, -0.05) is 38.9 Å². The molecule has 7 nitrogen and oxygen atoms in total. The molecular formula is C22H23BrClN3O4S3. The molecule has 2 saturated heterocycles. The molecule has 2 fully saturated rings. The molecule has 2 aliphatic heterocycles. The number of ether oxygens (including phenoxy) is 1. The molecule has 182 valence electrons. The van der Waals surface area contributed by atoms with E-state index in [4.69, 9.17) is 21.3 Å². The molecule has 1 unspecified atom stereocenters. The molecule has 1 atom stereocenters. The van der Waals surface area contributed by atoms with Gasteiger partial charge < -0.3 is 4.74 Å². The van der Waals surface area contributed by atoms with E-state index in [1.807, 2.05) is 18.2 Å². The lowest BCUT2D eigenvalue weighted by Gasteiger charge is -2.33. The number of halogens is 2. The Morgan fingerprint density at radius 1 is 1.21 bits per heavy atom. The minimum absolute atomic E-state index is 0.00765. The Morgan fingerprint density at radius 3 is 2.68 bits per heavy atom. The van der Waals surface area contributed by atoms with E-state index in [1.165, 1.54) is 21.7 Å². The molecule has 4 heterocycles. The third-order valence-corrected chi connectivity index (χ3v) is 11.3. The van der Waals surface area contributed by atoms with Crippen LogP contribution in [-0.2, 0) is 19.6 Å². The lowest BCUT2D eigenvalue weighted by molar-refractivity contribution is -0.123. The van der Waals surface area contributed by atoms with Gasteiger partial charge in [-0.05, 0) is 56.0 Å². The zero-order chi connectivity index (χ0) is 23.9.